The Bertz CT molecular complexity index is 1120. The zero-order chi connectivity index (χ0) is 25.9. The first-order chi connectivity index (χ1) is 16.4. The number of carbonyl (C=O) groups excluding carboxylic acids is 2. The van der Waals surface area contributed by atoms with Crippen LogP contribution in [0, 0.1) is 6.92 Å². The summed E-state index contributed by atoms with van der Waals surface area (Å²) in [5.41, 5.74) is 0.653. The number of alkyl halides is 2. The van der Waals surface area contributed by atoms with Gasteiger partial charge in [-0.15, -0.1) is 0 Å². The maximum absolute atomic E-state index is 13.7. The number of carbonyl (C=O) groups is 3. The van der Waals surface area contributed by atoms with Crippen molar-refractivity contribution in [3.63, 3.8) is 0 Å². The summed E-state index contributed by atoms with van der Waals surface area (Å²) < 4.78 is 30.3. The van der Waals surface area contributed by atoms with Crippen molar-refractivity contribution >= 4 is 23.5 Å². The van der Waals surface area contributed by atoms with Gasteiger partial charge in [-0.25, -0.2) is 9.78 Å². The minimum Gasteiger partial charge on any atom is -0.479 e. The Morgan fingerprint density at radius 1 is 1.17 bits per heavy atom. The summed E-state index contributed by atoms with van der Waals surface area (Å²) in [6.07, 6.45) is -2.49. The Labute approximate surface area is 200 Å². The van der Waals surface area contributed by atoms with Gasteiger partial charge >= 0.3 is 12.6 Å². The molecule has 9 nitrogen and oxygen atoms in total. The fraction of sp³-hybridized carbons (Fsp3) is 0.417. The van der Waals surface area contributed by atoms with E-state index in [4.69, 9.17) is 5.11 Å². The Balaban J connectivity index is 1.95. The van der Waals surface area contributed by atoms with Gasteiger partial charge in [0, 0.05) is 18.8 Å². The third-order valence-electron chi connectivity index (χ3n) is 5.91. The molecule has 0 spiro atoms. The molecule has 1 aliphatic rings. The third-order valence-corrected chi connectivity index (χ3v) is 5.91. The number of likely N-dealkylation sites (tertiary alicyclic amines) is 1. The fourth-order valence-corrected chi connectivity index (χ4v) is 4.08. The number of hydrogen-bond donors (Lipinski definition) is 3. The van der Waals surface area contributed by atoms with E-state index < -0.39 is 48.2 Å². The first-order valence-corrected chi connectivity index (χ1v) is 11.0. The molecule has 2 aromatic rings. The molecule has 0 bridgehead atoms. The Hall–Kier alpha value is -3.60. The van der Waals surface area contributed by atoms with E-state index in [1.807, 2.05) is 26.0 Å². The van der Waals surface area contributed by atoms with E-state index in [-0.39, 0.29) is 24.7 Å². The summed E-state index contributed by atoms with van der Waals surface area (Å²) in [5.74, 6) is -3.10. The summed E-state index contributed by atoms with van der Waals surface area (Å²) in [6.45, 7) is 2.18. The van der Waals surface area contributed by atoms with E-state index >= 15 is 0 Å². The number of carboxylic acid groups (broad SMARTS) is 1. The third kappa shape index (κ3) is 5.56. The van der Waals surface area contributed by atoms with Gasteiger partial charge in [-0.2, -0.15) is 8.78 Å². The first-order valence-electron chi connectivity index (χ1n) is 11.0. The zero-order valence-electron chi connectivity index (χ0n) is 19.5. The minimum atomic E-state index is -3.15. The number of aliphatic hydroxyl groups is 1. The van der Waals surface area contributed by atoms with Crippen molar-refractivity contribution in [1.82, 2.24) is 9.88 Å². The van der Waals surface area contributed by atoms with E-state index in [1.165, 1.54) is 17.0 Å². The lowest BCUT2D eigenvalue weighted by atomic mass is 9.69. The van der Waals surface area contributed by atoms with Crippen LogP contribution in [0.1, 0.15) is 43.0 Å². The van der Waals surface area contributed by atoms with E-state index in [0.29, 0.717) is 11.3 Å². The molecule has 3 N–H and O–H groups in total. The number of aryl methyl sites for hydroxylation is 1. The molecule has 11 heteroatoms. The molecule has 1 aromatic carbocycles. The van der Waals surface area contributed by atoms with Crippen molar-refractivity contribution in [3.8, 4) is 5.88 Å². The second kappa shape index (κ2) is 10.3. The number of nitrogens with one attached hydrogen (secondary N) is 1. The van der Waals surface area contributed by atoms with Gasteiger partial charge in [0.1, 0.15) is 11.1 Å². The lowest BCUT2D eigenvalue weighted by Gasteiger charge is -2.50. The average Bonchev–Trinajstić information content (AvgIpc) is 2.74. The van der Waals surface area contributed by atoms with Crippen molar-refractivity contribution in [1.29, 1.82) is 0 Å². The lowest BCUT2D eigenvalue weighted by Crippen LogP contribution is -2.67. The van der Waals surface area contributed by atoms with Crippen LogP contribution in [0.15, 0.2) is 36.4 Å². The SMILES string of the molecule is Cc1ccc(NC(=O)C2(c3ccccc3C(C)C)CN(C(=O)C[C@H](O)C(=O)O)C2)c(OC(F)F)n1. The fourth-order valence-electron chi connectivity index (χ4n) is 4.08. The van der Waals surface area contributed by atoms with Gasteiger partial charge in [-0.05, 0) is 36.1 Å². The maximum Gasteiger partial charge on any atom is 0.388 e. The highest BCUT2D eigenvalue weighted by Gasteiger charge is 2.53. The smallest absolute Gasteiger partial charge is 0.388 e. The average molecular weight is 491 g/mol. The number of aliphatic carboxylic acids is 1. The minimum absolute atomic E-state index is 0.0354. The lowest BCUT2D eigenvalue weighted by molar-refractivity contribution is -0.154. The molecular formula is C24H27F2N3O6. The maximum atomic E-state index is 13.7. The normalized spacial score (nSPS) is 15.5. The molecule has 1 fully saturated rings. The van der Waals surface area contributed by atoms with Crippen molar-refractivity contribution in [2.75, 3.05) is 18.4 Å². The molecule has 0 radical (unpaired) electrons. The van der Waals surface area contributed by atoms with Gasteiger partial charge in [0.05, 0.1) is 6.42 Å². The highest BCUT2D eigenvalue weighted by molar-refractivity contribution is 6.02. The van der Waals surface area contributed by atoms with E-state index in [2.05, 4.69) is 15.0 Å². The Kier molecular flexibility index (Phi) is 7.69. The highest BCUT2D eigenvalue weighted by atomic mass is 19.3. The van der Waals surface area contributed by atoms with Crippen molar-refractivity contribution in [2.24, 2.45) is 0 Å². The molecule has 1 aliphatic heterocycles. The molecule has 1 atom stereocenters. The first kappa shape index (κ1) is 26.0. The molecular weight excluding hydrogens is 464 g/mol. The predicted molar refractivity (Wildman–Crippen MR) is 121 cm³/mol. The van der Waals surface area contributed by atoms with Crippen LogP contribution < -0.4 is 10.1 Å². The van der Waals surface area contributed by atoms with Gasteiger partial charge in [0.15, 0.2) is 6.10 Å². The molecule has 0 unspecified atom stereocenters. The zero-order valence-corrected chi connectivity index (χ0v) is 19.5. The standard InChI is InChI=1S/C24H27F2N3O6/c1-13(2)15-6-4-5-7-16(15)24(11-29(12-24)19(31)10-18(30)21(32)33)22(34)28-17-9-8-14(3)27-20(17)35-23(25)26/h4-9,13,18,23,30H,10-12H2,1-3H3,(H,28,34)(H,32,33)/t18-/m0/s1. The number of aliphatic hydroxyl groups excluding tert-OH is 1. The van der Waals surface area contributed by atoms with Crippen LogP contribution in [0.4, 0.5) is 14.5 Å². The van der Waals surface area contributed by atoms with Crippen LogP contribution in [-0.4, -0.2) is 63.7 Å². The number of hydrogen-bond acceptors (Lipinski definition) is 6. The largest absolute Gasteiger partial charge is 0.479 e. The van der Waals surface area contributed by atoms with Gasteiger partial charge in [-0.1, -0.05) is 38.1 Å². The number of amides is 2. The molecule has 35 heavy (non-hydrogen) atoms. The second-order valence-electron chi connectivity index (χ2n) is 8.77. The monoisotopic (exact) mass is 491 g/mol. The number of anilines is 1. The number of nitrogens with zero attached hydrogens (tertiary/aromatic N) is 2. The summed E-state index contributed by atoms with van der Waals surface area (Å²) in [5, 5.41) is 21.1. The number of aromatic nitrogens is 1. The number of pyridine rings is 1. The van der Waals surface area contributed by atoms with Crippen molar-refractivity contribution < 1.29 is 38.1 Å². The van der Waals surface area contributed by atoms with Crippen LogP contribution in [0.25, 0.3) is 0 Å². The van der Waals surface area contributed by atoms with Crippen LogP contribution >= 0.6 is 0 Å². The molecule has 3 rings (SSSR count). The van der Waals surface area contributed by atoms with Crippen LogP contribution in [0.3, 0.4) is 0 Å². The van der Waals surface area contributed by atoms with E-state index in [1.54, 1.807) is 19.1 Å². The topological polar surface area (TPSA) is 129 Å². The summed E-state index contributed by atoms with van der Waals surface area (Å²) in [6, 6.07) is 10.2. The Morgan fingerprint density at radius 2 is 1.83 bits per heavy atom. The molecule has 2 amide bonds. The van der Waals surface area contributed by atoms with Gasteiger partial charge in [0.25, 0.3) is 0 Å². The second-order valence-corrected chi connectivity index (χ2v) is 8.77. The summed E-state index contributed by atoms with van der Waals surface area (Å²) >= 11 is 0. The predicted octanol–water partition coefficient (Wildman–Crippen LogP) is 2.67. The molecule has 1 aromatic heterocycles. The Morgan fingerprint density at radius 3 is 2.43 bits per heavy atom. The van der Waals surface area contributed by atoms with E-state index in [0.717, 1.165) is 5.56 Å². The molecule has 188 valence electrons. The van der Waals surface area contributed by atoms with Crippen molar-refractivity contribution in [2.45, 2.75) is 51.2 Å². The molecule has 0 saturated carbocycles. The van der Waals surface area contributed by atoms with Gasteiger partial charge < -0.3 is 25.2 Å². The molecule has 1 saturated heterocycles. The summed E-state index contributed by atoms with van der Waals surface area (Å²) in [7, 11) is 0. The summed E-state index contributed by atoms with van der Waals surface area (Å²) in [4.78, 5) is 42.3. The van der Waals surface area contributed by atoms with Crippen LogP contribution in [-0.2, 0) is 19.8 Å². The van der Waals surface area contributed by atoms with Gasteiger partial charge in [0.2, 0.25) is 17.7 Å². The number of benzene rings is 1. The number of ether oxygens (including phenoxy) is 1. The highest BCUT2D eigenvalue weighted by Crippen LogP contribution is 2.41. The van der Waals surface area contributed by atoms with Gasteiger partial charge in [-0.3, -0.25) is 9.59 Å². The number of halogens is 2. The van der Waals surface area contributed by atoms with Crippen LogP contribution in [0.5, 0.6) is 5.88 Å². The molecule has 2 heterocycles. The van der Waals surface area contributed by atoms with Crippen LogP contribution in [0.2, 0.25) is 0 Å². The quantitative estimate of drug-likeness (QED) is 0.492. The van der Waals surface area contributed by atoms with E-state index in [9.17, 15) is 28.3 Å². The van der Waals surface area contributed by atoms with Crippen molar-refractivity contribution in [3.05, 3.63) is 53.2 Å². The number of rotatable bonds is 9. The molecule has 0 aliphatic carbocycles. The number of carboxylic acids is 1.